The molecular formula is C11H11F3O. The van der Waals surface area contributed by atoms with Crippen LogP contribution in [0.15, 0.2) is 30.3 Å². The molecule has 0 saturated carbocycles. The fraction of sp³-hybridized carbons (Fsp3) is 0.273. The van der Waals surface area contributed by atoms with Gasteiger partial charge in [0.15, 0.2) is 0 Å². The zero-order valence-corrected chi connectivity index (χ0v) is 8.21. The SMILES string of the molecule is CC/C=C/c1ccccc1OC(F)(F)F. The minimum Gasteiger partial charge on any atom is -0.405 e. The van der Waals surface area contributed by atoms with Gasteiger partial charge in [-0.2, -0.15) is 0 Å². The third kappa shape index (κ3) is 4.06. The van der Waals surface area contributed by atoms with Crippen LogP contribution in [-0.2, 0) is 0 Å². The van der Waals surface area contributed by atoms with Crippen LogP contribution < -0.4 is 4.74 Å². The Kier molecular flexibility index (Phi) is 3.77. The van der Waals surface area contributed by atoms with Gasteiger partial charge in [0, 0.05) is 5.56 Å². The molecule has 15 heavy (non-hydrogen) atoms. The van der Waals surface area contributed by atoms with Gasteiger partial charge in [-0.3, -0.25) is 0 Å². The maximum Gasteiger partial charge on any atom is 0.573 e. The van der Waals surface area contributed by atoms with Gasteiger partial charge in [0.1, 0.15) is 5.75 Å². The normalized spacial score (nSPS) is 12.0. The molecule has 0 radical (unpaired) electrons. The van der Waals surface area contributed by atoms with Gasteiger partial charge in [-0.25, -0.2) is 0 Å². The average Bonchev–Trinajstić information content (AvgIpc) is 2.14. The molecule has 0 unspecified atom stereocenters. The Bertz CT molecular complexity index is 342. The van der Waals surface area contributed by atoms with Gasteiger partial charge in [-0.1, -0.05) is 37.3 Å². The molecule has 82 valence electrons. The highest BCUT2D eigenvalue weighted by Gasteiger charge is 2.31. The van der Waals surface area contributed by atoms with Crippen LogP contribution in [0.5, 0.6) is 5.75 Å². The van der Waals surface area contributed by atoms with Gasteiger partial charge in [-0.05, 0) is 12.5 Å². The monoisotopic (exact) mass is 216 g/mol. The third-order valence-corrected chi connectivity index (χ3v) is 1.68. The van der Waals surface area contributed by atoms with Crippen LogP contribution in [-0.4, -0.2) is 6.36 Å². The lowest BCUT2D eigenvalue weighted by Gasteiger charge is -2.10. The van der Waals surface area contributed by atoms with Crippen LogP contribution in [0.1, 0.15) is 18.9 Å². The van der Waals surface area contributed by atoms with E-state index in [4.69, 9.17) is 0 Å². The van der Waals surface area contributed by atoms with Crippen LogP contribution in [0.3, 0.4) is 0 Å². The maximum absolute atomic E-state index is 12.0. The highest BCUT2D eigenvalue weighted by atomic mass is 19.4. The maximum atomic E-state index is 12.0. The first-order valence-corrected chi connectivity index (χ1v) is 4.54. The van der Waals surface area contributed by atoms with E-state index in [0.717, 1.165) is 6.42 Å². The molecule has 0 aliphatic heterocycles. The molecule has 0 aromatic heterocycles. The summed E-state index contributed by atoms with van der Waals surface area (Å²) in [6.45, 7) is 1.91. The van der Waals surface area contributed by atoms with Crippen molar-refractivity contribution in [2.24, 2.45) is 0 Å². The van der Waals surface area contributed by atoms with Crippen molar-refractivity contribution >= 4 is 6.08 Å². The summed E-state index contributed by atoms with van der Waals surface area (Å²) in [4.78, 5) is 0. The third-order valence-electron chi connectivity index (χ3n) is 1.68. The Balaban J connectivity index is 2.91. The quantitative estimate of drug-likeness (QED) is 0.741. The van der Waals surface area contributed by atoms with Crippen molar-refractivity contribution < 1.29 is 17.9 Å². The lowest BCUT2D eigenvalue weighted by atomic mass is 10.2. The van der Waals surface area contributed by atoms with E-state index in [1.165, 1.54) is 12.1 Å². The summed E-state index contributed by atoms with van der Waals surface area (Å²) in [5.74, 6) is -0.172. The Morgan fingerprint density at radius 1 is 1.27 bits per heavy atom. The van der Waals surface area contributed by atoms with E-state index in [0.29, 0.717) is 5.56 Å². The molecule has 0 bridgehead atoms. The number of ether oxygens (including phenoxy) is 1. The Morgan fingerprint density at radius 2 is 1.93 bits per heavy atom. The van der Waals surface area contributed by atoms with Crippen LogP contribution in [0, 0.1) is 0 Å². The first-order valence-electron chi connectivity index (χ1n) is 4.54. The van der Waals surface area contributed by atoms with Crippen LogP contribution in [0.2, 0.25) is 0 Å². The van der Waals surface area contributed by atoms with Crippen LogP contribution in [0.25, 0.3) is 6.08 Å². The second-order valence-electron chi connectivity index (χ2n) is 2.90. The minimum absolute atomic E-state index is 0.172. The van der Waals surface area contributed by atoms with Crippen molar-refractivity contribution in [2.45, 2.75) is 19.7 Å². The zero-order valence-electron chi connectivity index (χ0n) is 8.21. The molecule has 0 aliphatic rings. The topological polar surface area (TPSA) is 9.23 Å². The van der Waals surface area contributed by atoms with Gasteiger partial charge in [-0.15, -0.1) is 13.2 Å². The van der Waals surface area contributed by atoms with Crippen molar-refractivity contribution in [1.82, 2.24) is 0 Å². The van der Waals surface area contributed by atoms with E-state index in [-0.39, 0.29) is 5.75 Å². The molecule has 1 rings (SSSR count). The zero-order chi connectivity index (χ0) is 11.3. The molecule has 0 fully saturated rings. The Morgan fingerprint density at radius 3 is 2.53 bits per heavy atom. The summed E-state index contributed by atoms with van der Waals surface area (Å²) in [5.41, 5.74) is 0.427. The molecular weight excluding hydrogens is 205 g/mol. The first kappa shape index (κ1) is 11.6. The number of hydrogen-bond donors (Lipinski definition) is 0. The highest BCUT2D eigenvalue weighted by molar-refractivity contribution is 5.57. The number of hydrogen-bond acceptors (Lipinski definition) is 1. The van der Waals surface area contributed by atoms with Crippen molar-refractivity contribution in [2.75, 3.05) is 0 Å². The second-order valence-corrected chi connectivity index (χ2v) is 2.90. The van der Waals surface area contributed by atoms with Crippen molar-refractivity contribution in [3.8, 4) is 5.75 Å². The van der Waals surface area contributed by atoms with Gasteiger partial charge in [0.25, 0.3) is 0 Å². The number of allylic oxidation sites excluding steroid dienone is 1. The molecule has 0 aliphatic carbocycles. The molecule has 0 saturated heterocycles. The Labute approximate surface area is 86.2 Å². The van der Waals surface area contributed by atoms with Gasteiger partial charge < -0.3 is 4.74 Å². The van der Waals surface area contributed by atoms with E-state index in [9.17, 15) is 13.2 Å². The van der Waals surface area contributed by atoms with E-state index in [1.807, 2.05) is 6.92 Å². The minimum atomic E-state index is -4.64. The Hall–Kier alpha value is -1.45. The second kappa shape index (κ2) is 4.87. The summed E-state index contributed by atoms with van der Waals surface area (Å²) in [6.07, 6.45) is -0.490. The largest absolute Gasteiger partial charge is 0.573 e. The number of rotatable bonds is 3. The van der Waals surface area contributed by atoms with E-state index in [1.54, 1.807) is 24.3 Å². The van der Waals surface area contributed by atoms with Crippen LogP contribution in [0.4, 0.5) is 13.2 Å². The van der Waals surface area contributed by atoms with Crippen molar-refractivity contribution in [3.05, 3.63) is 35.9 Å². The molecule has 1 aromatic rings. The average molecular weight is 216 g/mol. The van der Waals surface area contributed by atoms with E-state index in [2.05, 4.69) is 4.74 Å². The molecule has 4 heteroatoms. The van der Waals surface area contributed by atoms with Crippen molar-refractivity contribution in [1.29, 1.82) is 0 Å². The first-order chi connectivity index (χ1) is 7.03. The summed E-state index contributed by atoms with van der Waals surface area (Å²) in [7, 11) is 0. The van der Waals surface area contributed by atoms with Gasteiger partial charge >= 0.3 is 6.36 Å². The fourth-order valence-electron chi connectivity index (χ4n) is 1.08. The highest BCUT2D eigenvalue weighted by Crippen LogP contribution is 2.26. The molecule has 1 aromatic carbocycles. The summed E-state index contributed by atoms with van der Waals surface area (Å²) in [6, 6.07) is 6.04. The number of benzene rings is 1. The summed E-state index contributed by atoms with van der Waals surface area (Å²) >= 11 is 0. The molecule has 0 amide bonds. The predicted molar refractivity (Wildman–Crippen MR) is 52.5 cm³/mol. The van der Waals surface area contributed by atoms with Gasteiger partial charge in [0.2, 0.25) is 0 Å². The molecule has 0 N–H and O–H groups in total. The number of alkyl halides is 3. The van der Waals surface area contributed by atoms with Crippen LogP contribution >= 0.6 is 0 Å². The lowest BCUT2D eigenvalue weighted by Crippen LogP contribution is -2.17. The lowest BCUT2D eigenvalue weighted by molar-refractivity contribution is -0.274. The fourth-order valence-corrected chi connectivity index (χ4v) is 1.08. The molecule has 0 atom stereocenters. The number of para-hydroxylation sites is 1. The van der Waals surface area contributed by atoms with Gasteiger partial charge in [0.05, 0.1) is 0 Å². The molecule has 0 heterocycles. The number of halogens is 3. The van der Waals surface area contributed by atoms with Crippen molar-refractivity contribution in [3.63, 3.8) is 0 Å². The predicted octanol–water partition coefficient (Wildman–Crippen LogP) is 4.01. The summed E-state index contributed by atoms with van der Waals surface area (Å²) < 4.78 is 39.9. The smallest absolute Gasteiger partial charge is 0.405 e. The molecule has 0 spiro atoms. The standard InChI is InChI=1S/C11H11F3O/c1-2-3-6-9-7-4-5-8-10(9)15-11(12,13)14/h3-8H,2H2,1H3/b6-3+. The van der Waals surface area contributed by atoms with E-state index >= 15 is 0 Å². The van der Waals surface area contributed by atoms with E-state index < -0.39 is 6.36 Å². The molecule has 1 nitrogen and oxygen atoms in total. The summed E-state index contributed by atoms with van der Waals surface area (Å²) in [5, 5.41) is 0.